The molecule has 1 N–H and O–H groups in total. The van der Waals surface area contributed by atoms with Gasteiger partial charge in [-0.3, -0.25) is 4.79 Å². The number of benzene rings is 1. The summed E-state index contributed by atoms with van der Waals surface area (Å²) in [5.41, 5.74) is 3.11. The Morgan fingerprint density at radius 1 is 1.47 bits per heavy atom. The van der Waals surface area contributed by atoms with Crippen LogP contribution in [0.5, 0.6) is 0 Å². The molecule has 0 saturated carbocycles. The molecule has 5 heteroatoms. The summed E-state index contributed by atoms with van der Waals surface area (Å²) in [5.74, 6) is 0.189. The normalized spacial score (nSPS) is 11.1. The van der Waals surface area contributed by atoms with Crippen molar-refractivity contribution in [2.24, 2.45) is 11.0 Å². The molecule has 0 aliphatic heterocycles. The van der Waals surface area contributed by atoms with Crippen molar-refractivity contribution in [1.29, 1.82) is 0 Å². The van der Waals surface area contributed by atoms with Crippen LogP contribution in [0.15, 0.2) is 23.3 Å². The highest BCUT2D eigenvalue weighted by molar-refractivity contribution is 6.43. The lowest BCUT2D eigenvalue weighted by Crippen LogP contribution is -2.19. The van der Waals surface area contributed by atoms with Gasteiger partial charge in [0.25, 0.3) is 0 Å². The van der Waals surface area contributed by atoms with E-state index in [2.05, 4.69) is 10.5 Å². The fourth-order valence-electron chi connectivity index (χ4n) is 1.21. The van der Waals surface area contributed by atoms with Gasteiger partial charge in [-0.05, 0) is 12.0 Å². The van der Waals surface area contributed by atoms with E-state index in [0.717, 1.165) is 0 Å². The lowest BCUT2D eigenvalue weighted by Gasteiger charge is -2.02. The van der Waals surface area contributed by atoms with Gasteiger partial charge in [-0.1, -0.05) is 49.2 Å². The molecule has 1 aromatic carbocycles. The zero-order chi connectivity index (χ0) is 12.8. The number of carbonyl (C=O) groups is 1. The molecule has 17 heavy (non-hydrogen) atoms. The smallest absolute Gasteiger partial charge is 0.240 e. The maximum Gasteiger partial charge on any atom is 0.240 e. The van der Waals surface area contributed by atoms with Crippen LogP contribution in [0.3, 0.4) is 0 Å². The Morgan fingerprint density at radius 2 is 2.18 bits per heavy atom. The fraction of sp³-hybridized carbons (Fsp3) is 0.333. The molecule has 1 aromatic rings. The molecule has 0 aromatic heterocycles. The van der Waals surface area contributed by atoms with E-state index >= 15 is 0 Å². The molecule has 92 valence electrons. The van der Waals surface area contributed by atoms with Crippen LogP contribution in [-0.2, 0) is 4.79 Å². The van der Waals surface area contributed by atoms with E-state index in [1.807, 2.05) is 13.8 Å². The molecule has 0 atom stereocenters. The van der Waals surface area contributed by atoms with Gasteiger partial charge < -0.3 is 0 Å². The SMILES string of the molecule is CC(C)CC(=O)NN=Cc1cccc(Cl)c1Cl. The number of hydrogen-bond acceptors (Lipinski definition) is 2. The Labute approximate surface area is 111 Å². The first-order valence-corrected chi connectivity index (χ1v) is 6.02. The van der Waals surface area contributed by atoms with E-state index in [-0.39, 0.29) is 5.91 Å². The van der Waals surface area contributed by atoms with Gasteiger partial charge in [0.2, 0.25) is 5.91 Å². The van der Waals surface area contributed by atoms with Crippen LogP contribution in [0.2, 0.25) is 10.0 Å². The number of hydrogen-bond donors (Lipinski definition) is 1. The van der Waals surface area contributed by atoms with E-state index in [1.54, 1.807) is 18.2 Å². The van der Waals surface area contributed by atoms with Gasteiger partial charge in [0.15, 0.2) is 0 Å². The Kier molecular flexibility index (Phi) is 5.45. The third-order valence-corrected chi connectivity index (χ3v) is 2.80. The minimum absolute atomic E-state index is 0.116. The van der Waals surface area contributed by atoms with Crippen molar-refractivity contribution >= 4 is 35.3 Å². The van der Waals surface area contributed by atoms with E-state index in [0.29, 0.717) is 27.9 Å². The third-order valence-electron chi connectivity index (χ3n) is 1.97. The average molecular weight is 273 g/mol. The second kappa shape index (κ2) is 6.62. The van der Waals surface area contributed by atoms with Gasteiger partial charge in [-0.25, -0.2) is 5.43 Å². The molecule has 0 bridgehead atoms. The maximum atomic E-state index is 11.3. The summed E-state index contributed by atoms with van der Waals surface area (Å²) >= 11 is 11.8. The molecule has 3 nitrogen and oxygen atoms in total. The number of rotatable bonds is 4. The van der Waals surface area contributed by atoms with Gasteiger partial charge in [-0.2, -0.15) is 5.10 Å². The van der Waals surface area contributed by atoms with E-state index in [1.165, 1.54) is 6.21 Å². The van der Waals surface area contributed by atoms with Crippen molar-refractivity contribution in [2.45, 2.75) is 20.3 Å². The fourth-order valence-corrected chi connectivity index (χ4v) is 1.57. The highest BCUT2D eigenvalue weighted by Crippen LogP contribution is 2.23. The number of carbonyl (C=O) groups excluding carboxylic acids is 1. The summed E-state index contributed by atoms with van der Waals surface area (Å²) in [7, 11) is 0. The molecule has 0 unspecified atom stereocenters. The second-order valence-corrected chi connectivity index (χ2v) is 4.82. The first-order chi connectivity index (χ1) is 8.00. The summed E-state index contributed by atoms with van der Waals surface area (Å²) in [5, 5.41) is 4.72. The second-order valence-electron chi connectivity index (χ2n) is 4.03. The monoisotopic (exact) mass is 272 g/mol. The Morgan fingerprint density at radius 3 is 2.82 bits per heavy atom. The first-order valence-electron chi connectivity index (χ1n) is 5.26. The average Bonchev–Trinajstić information content (AvgIpc) is 2.23. The van der Waals surface area contributed by atoms with E-state index in [4.69, 9.17) is 23.2 Å². The third kappa shape index (κ3) is 4.75. The van der Waals surface area contributed by atoms with Crippen LogP contribution in [0.4, 0.5) is 0 Å². The van der Waals surface area contributed by atoms with Gasteiger partial charge in [0.1, 0.15) is 0 Å². The summed E-state index contributed by atoms with van der Waals surface area (Å²) < 4.78 is 0. The summed E-state index contributed by atoms with van der Waals surface area (Å²) in [6, 6.07) is 5.23. The minimum atomic E-state index is -0.116. The van der Waals surface area contributed by atoms with Crippen LogP contribution in [0, 0.1) is 5.92 Å². The maximum absolute atomic E-state index is 11.3. The summed E-state index contributed by atoms with van der Waals surface area (Å²) in [6.07, 6.45) is 1.92. The lowest BCUT2D eigenvalue weighted by atomic mass is 10.1. The van der Waals surface area contributed by atoms with Crippen molar-refractivity contribution in [3.8, 4) is 0 Å². The molecule has 0 saturated heterocycles. The highest BCUT2D eigenvalue weighted by Gasteiger charge is 2.03. The van der Waals surface area contributed by atoms with Gasteiger partial charge in [0.05, 0.1) is 16.3 Å². The predicted octanol–water partition coefficient (Wildman–Crippen LogP) is 3.49. The Hall–Kier alpha value is -1.06. The number of nitrogens with one attached hydrogen (secondary N) is 1. The predicted molar refractivity (Wildman–Crippen MR) is 71.7 cm³/mol. The summed E-state index contributed by atoms with van der Waals surface area (Å²) in [4.78, 5) is 11.3. The zero-order valence-corrected chi connectivity index (χ0v) is 11.2. The lowest BCUT2D eigenvalue weighted by molar-refractivity contribution is -0.121. The number of amides is 1. The molecule has 0 aliphatic rings. The molecular weight excluding hydrogens is 259 g/mol. The molecular formula is C12H14Cl2N2O. The number of halogens is 2. The molecule has 1 amide bonds. The van der Waals surface area contributed by atoms with Crippen LogP contribution in [-0.4, -0.2) is 12.1 Å². The van der Waals surface area contributed by atoms with Crippen LogP contribution >= 0.6 is 23.2 Å². The summed E-state index contributed by atoms with van der Waals surface area (Å²) in [6.45, 7) is 3.94. The van der Waals surface area contributed by atoms with Gasteiger partial charge in [-0.15, -0.1) is 0 Å². The van der Waals surface area contributed by atoms with Crippen molar-refractivity contribution in [3.05, 3.63) is 33.8 Å². The molecule has 1 rings (SSSR count). The van der Waals surface area contributed by atoms with Crippen LogP contribution in [0.1, 0.15) is 25.8 Å². The van der Waals surface area contributed by atoms with E-state index < -0.39 is 0 Å². The molecule has 0 radical (unpaired) electrons. The van der Waals surface area contributed by atoms with Crippen LogP contribution in [0.25, 0.3) is 0 Å². The van der Waals surface area contributed by atoms with Gasteiger partial charge in [0, 0.05) is 12.0 Å². The Balaban J connectivity index is 2.60. The molecule has 0 aliphatic carbocycles. The van der Waals surface area contributed by atoms with Crippen LogP contribution < -0.4 is 5.43 Å². The quantitative estimate of drug-likeness (QED) is 0.662. The van der Waals surface area contributed by atoms with Crippen molar-refractivity contribution < 1.29 is 4.79 Å². The van der Waals surface area contributed by atoms with Crippen molar-refractivity contribution in [2.75, 3.05) is 0 Å². The largest absolute Gasteiger partial charge is 0.273 e. The standard InChI is InChI=1S/C12H14Cl2N2O/c1-8(2)6-11(17)16-15-7-9-4-3-5-10(13)12(9)14/h3-5,7-8H,6H2,1-2H3,(H,16,17). The molecule has 0 heterocycles. The highest BCUT2D eigenvalue weighted by atomic mass is 35.5. The first kappa shape index (κ1) is 14.0. The number of hydrazone groups is 1. The number of nitrogens with zero attached hydrogens (tertiary/aromatic N) is 1. The van der Waals surface area contributed by atoms with Gasteiger partial charge >= 0.3 is 0 Å². The molecule has 0 fully saturated rings. The zero-order valence-electron chi connectivity index (χ0n) is 9.71. The molecule has 0 spiro atoms. The van der Waals surface area contributed by atoms with Crippen molar-refractivity contribution in [1.82, 2.24) is 5.43 Å². The Bertz CT molecular complexity index is 431. The topological polar surface area (TPSA) is 41.5 Å². The van der Waals surface area contributed by atoms with E-state index in [9.17, 15) is 4.79 Å². The minimum Gasteiger partial charge on any atom is -0.273 e. The van der Waals surface area contributed by atoms with Crippen molar-refractivity contribution in [3.63, 3.8) is 0 Å².